The Hall–Kier alpha value is -2.37. The molecule has 0 aromatic heterocycles. The van der Waals surface area contributed by atoms with Crippen molar-refractivity contribution >= 4 is 25.8 Å². The molecule has 3 rings (SSSR count). The van der Waals surface area contributed by atoms with Gasteiger partial charge in [0.15, 0.2) is 9.84 Å². The molecule has 1 heterocycles. The van der Waals surface area contributed by atoms with E-state index in [1.165, 1.54) is 23.1 Å². The first kappa shape index (κ1) is 21.3. The van der Waals surface area contributed by atoms with E-state index < -0.39 is 42.3 Å². The monoisotopic (exact) mass is 444 g/mol. The summed E-state index contributed by atoms with van der Waals surface area (Å²) in [5, 5.41) is 0. The molecule has 0 bridgehead atoms. The quantitative estimate of drug-likeness (QED) is 0.713. The highest BCUT2D eigenvalue weighted by Gasteiger charge is 2.33. The van der Waals surface area contributed by atoms with E-state index in [1.54, 1.807) is 6.07 Å². The lowest BCUT2D eigenvalue weighted by Gasteiger charge is -2.34. The molecule has 1 aliphatic rings. The van der Waals surface area contributed by atoms with E-state index in [1.807, 2.05) is 0 Å². The van der Waals surface area contributed by atoms with Crippen molar-refractivity contribution < 1.29 is 30.4 Å². The molecule has 0 atom stereocenters. The van der Waals surface area contributed by atoms with Gasteiger partial charge in [0.2, 0.25) is 10.0 Å². The molecule has 0 N–H and O–H groups in total. The van der Waals surface area contributed by atoms with Crippen LogP contribution in [-0.4, -0.2) is 64.4 Å². The van der Waals surface area contributed by atoms with Crippen LogP contribution in [0.2, 0.25) is 0 Å². The summed E-state index contributed by atoms with van der Waals surface area (Å²) in [5.74, 6) is -2.61. The standard InChI is InChI=1S/C18H18F2N2O5S2/c1-28(24,25)16-5-3-2-4-14(16)18(23)21-8-10-22(11-9-21)29(26,27)17-7-6-13(19)12-15(17)20/h2-7,12H,8-11H2,1H3. The fourth-order valence-electron chi connectivity index (χ4n) is 3.09. The number of hydrogen-bond acceptors (Lipinski definition) is 5. The van der Waals surface area contributed by atoms with Gasteiger partial charge in [-0.05, 0) is 24.3 Å². The molecule has 1 fully saturated rings. The zero-order valence-electron chi connectivity index (χ0n) is 15.4. The van der Waals surface area contributed by atoms with Crippen molar-refractivity contribution in [1.82, 2.24) is 9.21 Å². The van der Waals surface area contributed by atoms with Crippen LogP contribution in [-0.2, 0) is 19.9 Å². The minimum atomic E-state index is -4.20. The van der Waals surface area contributed by atoms with Crippen molar-refractivity contribution in [1.29, 1.82) is 0 Å². The van der Waals surface area contributed by atoms with Gasteiger partial charge in [0.1, 0.15) is 16.5 Å². The Kier molecular flexibility index (Phi) is 5.74. The Bertz CT molecular complexity index is 1160. The fraction of sp³-hybridized carbons (Fsp3) is 0.278. The summed E-state index contributed by atoms with van der Waals surface area (Å²) in [6.45, 7) is -0.212. The molecule has 0 radical (unpaired) electrons. The maximum absolute atomic E-state index is 13.9. The predicted molar refractivity (Wildman–Crippen MR) is 101 cm³/mol. The van der Waals surface area contributed by atoms with Crippen molar-refractivity contribution in [2.24, 2.45) is 0 Å². The normalized spacial score (nSPS) is 16.0. The van der Waals surface area contributed by atoms with Gasteiger partial charge in [0.25, 0.3) is 5.91 Å². The lowest BCUT2D eigenvalue weighted by molar-refractivity contribution is 0.0694. The average molecular weight is 444 g/mol. The molecule has 156 valence electrons. The number of nitrogens with zero attached hydrogens (tertiary/aromatic N) is 2. The third kappa shape index (κ3) is 4.31. The highest BCUT2D eigenvalue weighted by molar-refractivity contribution is 7.90. The maximum atomic E-state index is 13.9. The molecular weight excluding hydrogens is 426 g/mol. The van der Waals surface area contributed by atoms with E-state index in [0.717, 1.165) is 22.7 Å². The zero-order valence-corrected chi connectivity index (χ0v) is 17.0. The van der Waals surface area contributed by atoms with Gasteiger partial charge >= 0.3 is 0 Å². The largest absolute Gasteiger partial charge is 0.336 e. The second-order valence-corrected chi connectivity index (χ2v) is 10.4. The molecule has 0 saturated carbocycles. The highest BCUT2D eigenvalue weighted by Crippen LogP contribution is 2.23. The number of sulfonamides is 1. The Balaban J connectivity index is 1.78. The summed E-state index contributed by atoms with van der Waals surface area (Å²) < 4.78 is 77.1. The van der Waals surface area contributed by atoms with Gasteiger partial charge in [-0.15, -0.1) is 0 Å². The van der Waals surface area contributed by atoms with E-state index >= 15 is 0 Å². The van der Waals surface area contributed by atoms with Crippen LogP contribution < -0.4 is 0 Å². The van der Waals surface area contributed by atoms with E-state index in [-0.39, 0.29) is 36.6 Å². The molecule has 2 aromatic rings. The second-order valence-electron chi connectivity index (χ2n) is 6.54. The predicted octanol–water partition coefficient (Wildman–Crippen LogP) is 1.52. The van der Waals surface area contributed by atoms with Crippen molar-refractivity contribution in [3.8, 4) is 0 Å². The van der Waals surface area contributed by atoms with Gasteiger partial charge in [-0.1, -0.05) is 12.1 Å². The molecule has 0 aliphatic carbocycles. The van der Waals surface area contributed by atoms with E-state index in [9.17, 15) is 30.4 Å². The van der Waals surface area contributed by atoms with Crippen LogP contribution in [0, 0.1) is 11.6 Å². The van der Waals surface area contributed by atoms with Gasteiger partial charge in [-0.2, -0.15) is 4.31 Å². The average Bonchev–Trinajstić information content (AvgIpc) is 2.66. The number of piperazine rings is 1. The van der Waals surface area contributed by atoms with Gasteiger partial charge in [0, 0.05) is 38.5 Å². The van der Waals surface area contributed by atoms with Gasteiger partial charge in [0.05, 0.1) is 10.5 Å². The molecule has 29 heavy (non-hydrogen) atoms. The lowest BCUT2D eigenvalue weighted by Crippen LogP contribution is -2.50. The van der Waals surface area contributed by atoms with Gasteiger partial charge in [-0.25, -0.2) is 25.6 Å². The van der Waals surface area contributed by atoms with Crippen LogP contribution in [0.1, 0.15) is 10.4 Å². The summed E-state index contributed by atoms with van der Waals surface area (Å²) >= 11 is 0. The molecular formula is C18H18F2N2O5S2. The number of amides is 1. The summed E-state index contributed by atoms with van der Waals surface area (Å²) in [6, 6.07) is 8.00. The smallest absolute Gasteiger partial charge is 0.255 e. The number of sulfone groups is 1. The Morgan fingerprint density at radius 3 is 2.10 bits per heavy atom. The Morgan fingerprint density at radius 1 is 0.897 bits per heavy atom. The number of carbonyl (C=O) groups is 1. The van der Waals surface area contributed by atoms with Crippen LogP contribution in [0.25, 0.3) is 0 Å². The third-order valence-corrected chi connectivity index (χ3v) is 7.64. The summed E-state index contributed by atoms with van der Waals surface area (Å²) in [6.07, 6.45) is 1.00. The SMILES string of the molecule is CS(=O)(=O)c1ccccc1C(=O)N1CCN(S(=O)(=O)c2ccc(F)cc2F)CC1. The molecule has 1 amide bonds. The first-order chi connectivity index (χ1) is 13.5. The van der Waals surface area contributed by atoms with Crippen LogP contribution in [0.15, 0.2) is 52.3 Å². The van der Waals surface area contributed by atoms with Gasteiger partial charge < -0.3 is 4.90 Å². The zero-order chi connectivity index (χ0) is 21.4. The van der Waals surface area contributed by atoms with Crippen molar-refractivity contribution in [2.75, 3.05) is 32.4 Å². The first-order valence-corrected chi connectivity index (χ1v) is 11.9. The molecule has 1 aliphatic heterocycles. The molecule has 7 nitrogen and oxygen atoms in total. The van der Waals surface area contributed by atoms with Gasteiger partial charge in [-0.3, -0.25) is 4.79 Å². The number of halogens is 2. The lowest BCUT2D eigenvalue weighted by atomic mass is 10.2. The molecule has 0 unspecified atom stereocenters. The van der Waals surface area contributed by atoms with Crippen LogP contribution in [0.3, 0.4) is 0 Å². The number of hydrogen-bond donors (Lipinski definition) is 0. The Labute approximate surface area is 167 Å². The van der Waals surface area contributed by atoms with Crippen LogP contribution in [0.4, 0.5) is 8.78 Å². The summed E-state index contributed by atoms with van der Waals surface area (Å²) in [7, 11) is -7.82. The topological polar surface area (TPSA) is 91.8 Å². The van der Waals surface area contributed by atoms with E-state index in [2.05, 4.69) is 0 Å². The number of benzene rings is 2. The van der Waals surface area contributed by atoms with Crippen LogP contribution in [0.5, 0.6) is 0 Å². The van der Waals surface area contributed by atoms with E-state index in [0.29, 0.717) is 6.07 Å². The van der Waals surface area contributed by atoms with Crippen molar-refractivity contribution in [2.45, 2.75) is 9.79 Å². The van der Waals surface area contributed by atoms with Crippen LogP contribution >= 0.6 is 0 Å². The third-order valence-electron chi connectivity index (χ3n) is 4.55. The molecule has 1 saturated heterocycles. The molecule has 2 aromatic carbocycles. The number of rotatable bonds is 4. The van der Waals surface area contributed by atoms with Crippen molar-refractivity contribution in [3.63, 3.8) is 0 Å². The second kappa shape index (κ2) is 7.81. The molecule has 11 heteroatoms. The summed E-state index contributed by atoms with van der Waals surface area (Å²) in [4.78, 5) is 13.4. The fourth-order valence-corrected chi connectivity index (χ4v) is 5.44. The number of carbonyl (C=O) groups excluding carboxylic acids is 1. The Morgan fingerprint density at radius 2 is 1.52 bits per heavy atom. The highest BCUT2D eigenvalue weighted by atomic mass is 32.2. The maximum Gasteiger partial charge on any atom is 0.255 e. The minimum absolute atomic E-state index is 0.00102. The minimum Gasteiger partial charge on any atom is -0.336 e. The van der Waals surface area contributed by atoms with E-state index in [4.69, 9.17) is 0 Å². The first-order valence-electron chi connectivity index (χ1n) is 8.55. The van der Waals surface area contributed by atoms with Crippen molar-refractivity contribution in [3.05, 3.63) is 59.7 Å². The molecule has 0 spiro atoms. The summed E-state index contributed by atoms with van der Waals surface area (Å²) in [5.41, 5.74) is 0.0101.